The van der Waals surface area contributed by atoms with Gasteiger partial charge in [-0.25, -0.2) is 0 Å². The van der Waals surface area contributed by atoms with Crippen LogP contribution in [0.1, 0.15) is 38.7 Å². The van der Waals surface area contributed by atoms with Gasteiger partial charge in [-0.3, -0.25) is 0 Å². The molecule has 2 heteroatoms. The van der Waals surface area contributed by atoms with Gasteiger partial charge < -0.3 is 9.80 Å². The Morgan fingerprint density at radius 2 is 1.68 bits per heavy atom. The summed E-state index contributed by atoms with van der Waals surface area (Å²) in [4.78, 5) is 5.15. The fourth-order valence-corrected chi connectivity index (χ4v) is 5.96. The summed E-state index contributed by atoms with van der Waals surface area (Å²) < 4.78 is 0. The lowest BCUT2D eigenvalue weighted by Crippen LogP contribution is -2.61. The van der Waals surface area contributed by atoms with Crippen molar-refractivity contribution in [1.82, 2.24) is 0 Å². The molecule has 2 aromatic rings. The largest absolute Gasteiger partial charge is 0.352 e. The van der Waals surface area contributed by atoms with Gasteiger partial charge in [0.25, 0.3) is 0 Å². The van der Waals surface area contributed by atoms with Gasteiger partial charge in [0.15, 0.2) is 0 Å². The number of anilines is 3. The highest BCUT2D eigenvalue weighted by molar-refractivity contribution is 5.87. The van der Waals surface area contributed by atoms with E-state index in [9.17, 15) is 0 Å². The van der Waals surface area contributed by atoms with Crippen molar-refractivity contribution in [3.8, 4) is 0 Å². The number of rotatable bonds is 2. The molecule has 25 heavy (non-hydrogen) atoms. The van der Waals surface area contributed by atoms with E-state index in [1.54, 1.807) is 0 Å². The first-order valence-electron chi connectivity index (χ1n) is 9.52. The average Bonchev–Trinajstić information content (AvgIpc) is 3.13. The summed E-state index contributed by atoms with van der Waals surface area (Å²) in [5, 5.41) is 0. The molecular formula is C23H26N2. The number of fused-ring (bicyclic) bond motifs is 8. The Kier molecular flexibility index (Phi) is 2.96. The maximum atomic E-state index is 2.62. The van der Waals surface area contributed by atoms with Crippen LogP contribution in [0, 0.1) is 5.41 Å². The van der Waals surface area contributed by atoms with Crippen LogP contribution in [0.15, 0.2) is 60.7 Å². The zero-order valence-corrected chi connectivity index (χ0v) is 15.4. The normalized spacial score (nSPS) is 31.6. The Balaban J connectivity index is 1.85. The molecule has 3 aliphatic rings. The third-order valence-corrected chi connectivity index (χ3v) is 7.01. The van der Waals surface area contributed by atoms with Gasteiger partial charge in [-0.2, -0.15) is 0 Å². The molecule has 2 nitrogen and oxygen atoms in total. The maximum absolute atomic E-state index is 2.62. The first kappa shape index (κ1) is 15.1. The van der Waals surface area contributed by atoms with Crippen LogP contribution >= 0.6 is 0 Å². The summed E-state index contributed by atoms with van der Waals surface area (Å²) in [5.74, 6) is 0. The van der Waals surface area contributed by atoms with E-state index >= 15 is 0 Å². The van der Waals surface area contributed by atoms with Crippen molar-refractivity contribution in [3.05, 3.63) is 66.2 Å². The van der Waals surface area contributed by atoms with E-state index in [4.69, 9.17) is 0 Å². The van der Waals surface area contributed by atoms with E-state index in [1.165, 1.54) is 35.5 Å². The highest BCUT2D eigenvalue weighted by Gasteiger charge is 2.62. The van der Waals surface area contributed by atoms with Crippen LogP contribution in [0.5, 0.6) is 0 Å². The molecule has 0 bridgehead atoms. The Hall–Kier alpha value is -2.22. The van der Waals surface area contributed by atoms with Gasteiger partial charge in [-0.05, 0) is 36.6 Å². The maximum Gasteiger partial charge on any atom is 0.113 e. The van der Waals surface area contributed by atoms with Crippen molar-refractivity contribution in [2.24, 2.45) is 5.41 Å². The van der Waals surface area contributed by atoms with Crippen molar-refractivity contribution >= 4 is 17.1 Å². The molecule has 5 rings (SSSR count). The topological polar surface area (TPSA) is 6.48 Å². The first-order valence-corrected chi connectivity index (χ1v) is 9.52. The number of para-hydroxylation sites is 3. The molecule has 2 heterocycles. The van der Waals surface area contributed by atoms with Crippen LogP contribution in [0.25, 0.3) is 0 Å². The molecule has 1 aliphatic carbocycles. The molecule has 0 aromatic heterocycles. The molecule has 0 N–H and O–H groups in total. The summed E-state index contributed by atoms with van der Waals surface area (Å²) in [6.45, 7) is 4.81. The Labute approximate surface area is 150 Å². The number of nitrogens with zero attached hydrogens (tertiary/aromatic N) is 2. The van der Waals surface area contributed by atoms with Crippen LogP contribution in [0.4, 0.5) is 17.1 Å². The number of hydrogen-bond acceptors (Lipinski definition) is 2. The summed E-state index contributed by atoms with van der Waals surface area (Å²) in [5.41, 5.74) is 5.88. The van der Waals surface area contributed by atoms with E-state index in [0.29, 0.717) is 6.17 Å². The van der Waals surface area contributed by atoms with E-state index in [0.717, 1.165) is 6.42 Å². The van der Waals surface area contributed by atoms with Crippen LogP contribution in [-0.4, -0.2) is 13.2 Å². The molecule has 2 unspecified atom stereocenters. The third kappa shape index (κ3) is 1.61. The van der Waals surface area contributed by atoms with Crippen LogP contribution < -0.4 is 9.80 Å². The van der Waals surface area contributed by atoms with E-state index in [-0.39, 0.29) is 10.8 Å². The Morgan fingerprint density at radius 3 is 2.44 bits per heavy atom. The minimum absolute atomic E-state index is 0.0943. The molecule has 0 spiro atoms. The van der Waals surface area contributed by atoms with Gasteiger partial charge in [-0.1, -0.05) is 62.8 Å². The van der Waals surface area contributed by atoms with E-state index < -0.39 is 0 Å². The average molecular weight is 330 g/mol. The van der Waals surface area contributed by atoms with Crippen LogP contribution in [-0.2, 0) is 5.41 Å². The highest BCUT2D eigenvalue weighted by Crippen LogP contribution is 2.65. The lowest BCUT2D eigenvalue weighted by molar-refractivity contribution is 0.120. The molecule has 0 saturated heterocycles. The molecule has 0 fully saturated rings. The van der Waals surface area contributed by atoms with Gasteiger partial charge in [0, 0.05) is 23.6 Å². The fraction of sp³-hybridized carbons (Fsp3) is 0.391. The van der Waals surface area contributed by atoms with Gasteiger partial charge in [0.2, 0.25) is 0 Å². The zero-order chi connectivity index (χ0) is 17.2. The van der Waals surface area contributed by atoms with Crippen molar-refractivity contribution in [1.29, 1.82) is 0 Å². The van der Waals surface area contributed by atoms with Crippen molar-refractivity contribution in [2.45, 2.75) is 44.7 Å². The smallest absolute Gasteiger partial charge is 0.113 e. The summed E-state index contributed by atoms with van der Waals surface area (Å²) >= 11 is 0. The minimum atomic E-state index is 0.0943. The van der Waals surface area contributed by atoms with Gasteiger partial charge in [0.1, 0.15) is 6.17 Å². The molecule has 0 amide bonds. The molecular weight excluding hydrogens is 304 g/mol. The van der Waals surface area contributed by atoms with Gasteiger partial charge in [0.05, 0.1) is 11.4 Å². The number of allylic oxidation sites excluding steroid dienone is 2. The second-order valence-electron chi connectivity index (χ2n) is 8.08. The summed E-state index contributed by atoms with van der Waals surface area (Å²) in [6.07, 6.45) is 8.92. The van der Waals surface area contributed by atoms with Crippen LogP contribution in [0.2, 0.25) is 0 Å². The van der Waals surface area contributed by atoms with Crippen molar-refractivity contribution in [2.75, 3.05) is 16.8 Å². The van der Waals surface area contributed by atoms with E-state index in [2.05, 4.69) is 91.4 Å². The molecule has 2 aliphatic heterocycles. The predicted molar refractivity (Wildman–Crippen MR) is 106 cm³/mol. The molecule has 3 atom stereocenters. The molecule has 0 saturated carbocycles. The standard InChI is InChI=1S/C23H26N2/c1-4-14-23-16-9-15-22(23,2)17-10-5-6-11-18(17)25-20-13-8-7-12-19(20)24(3)21(23)25/h5-13,15,21H,4,14,16H2,1-3H3/t21?,22?,23-/m1/s1. The fourth-order valence-electron chi connectivity index (χ4n) is 5.96. The van der Waals surface area contributed by atoms with E-state index in [1.807, 2.05) is 0 Å². The summed E-state index contributed by atoms with van der Waals surface area (Å²) in [7, 11) is 2.29. The summed E-state index contributed by atoms with van der Waals surface area (Å²) in [6, 6.07) is 18.0. The van der Waals surface area contributed by atoms with Crippen molar-refractivity contribution < 1.29 is 0 Å². The zero-order valence-electron chi connectivity index (χ0n) is 15.4. The van der Waals surface area contributed by atoms with Crippen molar-refractivity contribution in [3.63, 3.8) is 0 Å². The predicted octanol–water partition coefficient (Wildman–Crippen LogP) is 5.62. The Morgan fingerprint density at radius 1 is 1.00 bits per heavy atom. The molecule has 0 radical (unpaired) electrons. The first-order chi connectivity index (χ1) is 12.1. The molecule has 128 valence electrons. The lowest BCUT2D eigenvalue weighted by atomic mass is 9.56. The van der Waals surface area contributed by atoms with Gasteiger partial charge in [-0.15, -0.1) is 0 Å². The monoisotopic (exact) mass is 330 g/mol. The molecule has 2 aromatic carbocycles. The quantitative estimate of drug-likeness (QED) is 0.660. The number of hydrogen-bond donors (Lipinski definition) is 0. The number of benzene rings is 2. The van der Waals surface area contributed by atoms with Crippen LogP contribution in [0.3, 0.4) is 0 Å². The lowest BCUT2D eigenvalue weighted by Gasteiger charge is -2.57. The third-order valence-electron chi connectivity index (χ3n) is 7.01. The Bertz CT molecular complexity index is 870. The highest BCUT2D eigenvalue weighted by atomic mass is 15.4. The van der Waals surface area contributed by atoms with Gasteiger partial charge >= 0.3 is 0 Å². The minimum Gasteiger partial charge on any atom is -0.352 e. The SMILES string of the molecule is CCC[C@]12CC=CC1(C)c1ccccc1N1c3ccccc3N(C)C12. The second kappa shape index (κ2) is 4.91. The second-order valence-corrected chi connectivity index (χ2v) is 8.08.